The van der Waals surface area contributed by atoms with Gasteiger partial charge in [-0.1, -0.05) is 78.7 Å². The molecule has 4 aromatic rings. The number of ether oxygens (including phenoxy) is 1. The number of thioether (sulfide) groups is 1. The standard InChI is InChI=1S/C36H39Cl2N3O5S2/c1-4-21-39-36(43)33(23-26-11-7-6-8-12-26)40(24-27-15-20-30(37)31(38)22-27)35(42)25-41(32-13-9-10-14-34(32)46-5-2)48(44,45)29-18-16-28(47-3)17-19-29/h6-20,22,33H,4-5,21,23-25H2,1-3H3,(H,39,43)/t33-/m0/s1. The second-order valence-electron chi connectivity index (χ2n) is 10.9. The number of nitrogens with zero attached hydrogens (tertiary/aromatic N) is 2. The van der Waals surface area contributed by atoms with E-state index in [1.165, 1.54) is 28.8 Å². The summed E-state index contributed by atoms with van der Waals surface area (Å²) in [4.78, 5) is 30.8. The molecule has 0 radical (unpaired) electrons. The fourth-order valence-electron chi connectivity index (χ4n) is 5.08. The van der Waals surface area contributed by atoms with Crippen molar-refractivity contribution in [2.24, 2.45) is 0 Å². The van der Waals surface area contributed by atoms with Crippen LogP contribution in [0.3, 0.4) is 0 Å². The molecule has 8 nitrogen and oxygen atoms in total. The van der Waals surface area contributed by atoms with Gasteiger partial charge in [-0.25, -0.2) is 8.42 Å². The maximum absolute atomic E-state index is 14.7. The van der Waals surface area contributed by atoms with Crippen LogP contribution in [0.5, 0.6) is 5.75 Å². The first kappa shape index (κ1) is 37.1. The van der Waals surface area contributed by atoms with Crippen LogP contribution in [0, 0.1) is 0 Å². The van der Waals surface area contributed by atoms with Gasteiger partial charge in [-0.2, -0.15) is 0 Å². The molecule has 0 heterocycles. The number of benzene rings is 4. The molecular formula is C36H39Cl2N3O5S2. The molecule has 48 heavy (non-hydrogen) atoms. The number of para-hydroxylation sites is 2. The Balaban J connectivity index is 1.84. The summed E-state index contributed by atoms with van der Waals surface area (Å²) in [5, 5.41) is 3.57. The van der Waals surface area contributed by atoms with Crippen molar-refractivity contribution < 1.29 is 22.7 Å². The Bertz CT molecular complexity index is 1790. The predicted molar refractivity (Wildman–Crippen MR) is 195 cm³/mol. The molecule has 4 rings (SSSR count). The van der Waals surface area contributed by atoms with E-state index in [-0.39, 0.29) is 36.1 Å². The largest absolute Gasteiger partial charge is 0.492 e. The highest BCUT2D eigenvalue weighted by atomic mass is 35.5. The number of hydrogen-bond acceptors (Lipinski definition) is 6. The zero-order valence-electron chi connectivity index (χ0n) is 27.1. The Morgan fingerprint density at radius 2 is 1.56 bits per heavy atom. The lowest BCUT2D eigenvalue weighted by molar-refractivity contribution is -0.140. The van der Waals surface area contributed by atoms with E-state index in [0.717, 1.165) is 14.8 Å². The third kappa shape index (κ3) is 9.47. The molecule has 0 bridgehead atoms. The number of anilines is 1. The summed E-state index contributed by atoms with van der Waals surface area (Å²) in [5.41, 5.74) is 1.66. The van der Waals surface area contributed by atoms with Crippen LogP contribution in [-0.2, 0) is 32.6 Å². The summed E-state index contributed by atoms with van der Waals surface area (Å²) in [7, 11) is -4.30. The summed E-state index contributed by atoms with van der Waals surface area (Å²) in [6.45, 7) is 3.79. The molecule has 0 aliphatic carbocycles. The highest BCUT2D eigenvalue weighted by molar-refractivity contribution is 7.98. The Morgan fingerprint density at radius 3 is 2.21 bits per heavy atom. The van der Waals surface area contributed by atoms with Crippen molar-refractivity contribution in [1.29, 1.82) is 0 Å². The molecule has 2 amide bonds. The molecule has 0 saturated carbocycles. The molecule has 0 aromatic heterocycles. The first-order chi connectivity index (χ1) is 23.1. The van der Waals surface area contributed by atoms with Crippen LogP contribution >= 0.6 is 35.0 Å². The Kier molecular flexibility index (Phi) is 13.6. The normalized spacial score (nSPS) is 11.9. The molecule has 1 atom stereocenters. The monoisotopic (exact) mass is 727 g/mol. The number of rotatable bonds is 16. The second-order valence-corrected chi connectivity index (χ2v) is 14.4. The van der Waals surface area contributed by atoms with Crippen molar-refractivity contribution in [2.45, 2.75) is 49.1 Å². The minimum absolute atomic E-state index is 0.0111. The molecule has 254 valence electrons. The zero-order chi connectivity index (χ0) is 34.7. The summed E-state index contributed by atoms with van der Waals surface area (Å²) in [5.74, 6) is -0.648. The zero-order valence-corrected chi connectivity index (χ0v) is 30.2. The number of nitrogens with one attached hydrogen (secondary N) is 1. The van der Waals surface area contributed by atoms with Gasteiger partial charge in [0.05, 0.1) is 27.2 Å². The number of carbonyl (C=O) groups is 2. The van der Waals surface area contributed by atoms with Crippen LogP contribution < -0.4 is 14.4 Å². The first-order valence-corrected chi connectivity index (χ1v) is 18.9. The lowest BCUT2D eigenvalue weighted by Gasteiger charge is -2.34. The van der Waals surface area contributed by atoms with Crippen LogP contribution in [0.1, 0.15) is 31.4 Å². The lowest BCUT2D eigenvalue weighted by Crippen LogP contribution is -2.53. The van der Waals surface area contributed by atoms with Gasteiger partial charge in [0.2, 0.25) is 11.8 Å². The van der Waals surface area contributed by atoms with E-state index in [2.05, 4.69) is 5.32 Å². The van der Waals surface area contributed by atoms with Gasteiger partial charge < -0.3 is 15.0 Å². The molecule has 0 spiro atoms. The smallest absolute Gasteiger partial charge is 0.264 e. The number of sulfonamides is 1. The second kappa shape index (κ2) is 17.6. The van der Waals surface area contributed by atoms with Crippen molar-refractivity contribution >= 4 is 62.5 Å². The summed E-state index contributed by atoms with van der Waals surface area (Å²) < 4.78 is 35.7. The van der Waals surface area contributed by atoms with E-state index in [4.69, 9.17) is 27.9 Å². The van der Waals surface area contributed by atoms with E-state index < -0.39 is 28.5 Å². The number of carbonyl (C=O) groups excluding carboxylic acids is 2. The van der Waals surface area contributed by atoms with Gasteiger partial charge in [0.25, 0.3) is 10.0 Å². The Morgan fingerprint density at radius 1 is 0.875 bits per heavy atom. The van der Waals surface area contributed by atoms with Gasteiger partial charge in [0.15, 0.2) is 0 Å². The van der Waals surface area contributed by atoms with Gasteiger partial charge in [-0.15, -0.1) is 11.8 Å². The molecule has 4 aromatic carbocycles. The molecule has 1 N–H and O–H groups in total. The predicted octanol–water partition coefficient (Wildman–Crippen LogP) is 7.48. The molecule has 0 fully saturated rings. The third-order valence-corrected chi connectivity index (χ3v) is 10.8. The summed E-state index contributed by atoms with van der Waals surface area (Å²) >= 11 is 14.0. The van der Waals surface area contributed by atoms with Crippen LogP contribution in [-0.4, -0.2) is 57.1 Å². The van der Waals surface area contributed by atoms with Crippen molar-refractivity contribution in [1.82, 2.24) is 10.2 Å². The molecule has 12 heteroatoms. The van der Waals surface area contributed by atoms with Crippen LogP contribution in [0.25, 0.3) is 0 Å². The third-order valence-electron chi connectivity index (χ3n) is 7.52. The van der Waals surface area contributed by atoms with Crippen LogP contribution in [0.15, 0.2) is 107 Å². The van der Waals surface area contributed by atoms with E-state index in [9.17, 15) is 18.0 Å². The van der Waals surface area contributed by atoms with Gasteiger partial charge in [-0.3, -0.25) is 13.9 Å². The van der Waals surface area contributed by atoms with E-state index >= 15 is 0 Å². The average Bonchev–Trinajstić information content (AvgIpc) is 3.10. The van der Waals surface area contributed by atoms with Crippen molar-refractivity contribution in [3.63, 3.8) is 0 Å². The number of amides is 2. The minimum Gasteiger partial charge on any atom is -0.492 e. The van der Waals surface area contributed by atoms with Gasteiger partial charge in [-0.05, 0) is 79.3 Å². The summed E-state index contributed by atoms with van der Waals surface area (Å²) in [6, 6.07) is 26.5. The Labute approximate surface area is 297 Å². The fraction of sp³-hybridized carbons (Fsp3) is 0.278. The van der Waals surface area contributed by atoms with Gasteiger partial charge in [0.1, 0.15) is 18.3 Å². The maximum atomic E-state index is 14.7. The summed E-state index contributed by atoms with van der Waals surface area (Å²) in [6.07, 6.45) is 2.79. The molecule has 0 unspecified atom stereocenters. The minimum atomic E-state index is -4.30. The first-order valence-electron chi connectivity index (χ1n) is 15.5. The average molecular weight is 729 g/mol. The van der Waals surface area contributed by atoms with Crippen molar-refractivity contribution in [2.75, 3.05) is 30.3 Å². The van der Waals surface area contributed by atoms with E-state index in [0.29, 0.717) is 34.3 Å². The van der Waals surface area contributed by atoms with Crippen molar-refractivity contribution in [3.05, 3.63) is 118 Å². The van der Waals surface area contributed by atoms with Crippen molar-refractivity contribution in [3.8, 4) is 5.75 Å². The molecule has 0 aliphatic rings. The van der Waals surface area contributed by atoms with Crippen LogP contribution in [0.4, 0.5) is 5.69 Å². The highest BCUT2D eigenvalue weighted by Gasteiger charge is 2.35. The highest BCUT2D eigenvalue weighted by Crippen LogP contribution is 2.34. The quantitative estimate of drug-likeness (QED) is 0.120. The molecule has 0 aliphatic heterocycles. The van der Waals surface area contributed by atoms with Crippen LogP contribution in [0.2, 0.25) is 10.0 Å². The van der Waals surface area contributed by atoms with E-state index in [1.807, 2.05) is 43.5 Å². The maximum Gasteiger partial charge on any atom is 0.264 e. The topological polar surface area (TPSA) is 96.0 Å². The Hall–Kier alpha value is -3.70. The number of halogens is 2. The lowest BCUT2D eigenvalue weighted by atomic mass is 10.0. The number of hydrogen-bond donors (Lipinski definition) is 1. The molecular weight excluding hydrogens is 689 g/mol. The SMILES string of the molecule is CCCNC(=O)[C@H](Cc1ccccc1)N(Cc1ccc(Cl)c(Cl)c1)C(=O)CN(c1ccccc1OCC)S(=O)(=O)c1ccc(SC)cc1. The van der Waals surface area contributed by atoms with E-state index in [1.54, 1.807) is 61.5 Å². The van der Waals surface area contributed by atoms with Gasteiger partial charge in [0, 0.05) is 24.4 Å². The molecule has 0 saturated heterocycles. The fourth-order valence-corrected chi connectivity index (χ4v) is 7.24. The van der Waals surface area contributed by atoms with Gasteiger partial charge >= 0.3 is 0 Å².